The predicted molar refractivity (Wildman–Crippen MR) is 82.2 cm³/mol. The van der Waals surface area contributed by atoms with E-state index in [0.717, 1.165) is 0 Å². The maximum absolute atomic E-state index is 12.1. The molecule has 1 atom stereocenters. The lowest BCUT2D eigenvalue weighted by Crippen LogP contribution is -2.40. The fourth-order valence-electron chi connectivity index (χ4n) is 1.65. The lowest BCUT2D eigenvalue weighted by Gasteiger charge is -2.27. The summed E-state index contributed by atoms with van der Waals surface area (Å²) in [5.74, 6) is 0.854. The molecule has 1 aromatic carbocycles. The van der Waals surface area contributed by atoms with Crippen molar-refractivity contribution in [1.82, 2.24) is 4.31 Å². The molecule has 0 aliphatic rings. The molecule has 0 spiro atoms. The number of anilines is 1. The summed E-state index contributed by atoms with van der Waals surface area (Å²) in [7, 11) is -1.68. The third-order valence-corrected chi connectivity index (χ3v) is 5.36. The number of rotatable bonds is 7. The monoisotopic (exact) mass is 300 g/mol. The lowest BCUT2D eigenvalue weighted by atomic mass is 10.1. The van der Waals surface area contributed by atoms with Gasteiger partial charge >= 0.3 is 0 Å². The van der Waals surface area contributed by atoms with Gasteiger partial charge in [-0.15, -0.1) is 0 Å². The summed E-state index contributed by atoms with van der Waals surface area (Å²) < 4.78 is 31.1. The second-order valence-corrected chi connectivity index (χ2v) is 7.38. The Balaban J connectivity index is 2.53. The summed E-state index contributed by atoms with van der Waals surface area (Å²) in [4.78, 5) is 0. The Kier molecular flexibility index (Phi) is 5.83. The van der Waals surface area contributed by atoms with E-state index in [2.05, 4.69) is 0 Å². The number of hydrogen-bond acceptors (Lipinski definition) is 4. The molecule has 1 rings (SSSR count). The number of nitrogens with zero attached hydrogens (tertiary/aromatic N) is 1. The van der Waals surface area contributed by atoms with E-state index in [-0.39, 0.29) is 24.3 Å². The van der Waals surface area contributed by atoms with Crippen molar-refractivity contribution in [1.29, 1.82) is 0 Å². The number of benzene rings is 1. The van der Waals surface area contributed by atoms with Gasteiger partial charge in [0.2, 0.25) is 10.0 Å². The Morgan fingerprint density at radius 2 is 1.75 bits per heavy atom. The van der Waals surface area contributed by atoms with Crippen LogP contribution >= 0.6 is 0 Å². The third kappa shape index (κ3) is 4.68. The van der Waals surface area contributed by atoms with E-state index in [9.17, 15) is 8.42 Å². The van der Waals surface area contributed by atoms with Gasteiger partial charge in [-0.1, -0.05) is 13.8 Å². The van der Waals surface area contributed by atoms with Crippen LogP contribution in [-0.2, 0) is 10.0 Å². The van der Waals surface area contributed by atoms with E-state index in [1.165, 1.54) is 4.31 Å². The van der Waals surface area contributed by atoms with Crippen LogP contribution in [0.25, 0.3) is 0 Å². The highest BCUT2D eigenvalue weighted by atomic mass is 32.2. The van der Waals surface area contributed by atoms with Crippen molar-refractivity contribution in [3.05, 3.63) is 24.3 Å². The summed E-state index contributed by atoms with van der Waals surface area (Å²) >= 11 is 0. The van der Waals surface area contributed by atoms with Gasteiger partial charge in [-0.2, -0.15) is 0 Å². The van der Waals surface area contributed by atoms with Crippen molar-refractivity contribution in [3.8, 4) is 5.75 Å². The fourth-order valence-corrected chi connectivity index (χ4v) is 2.98. The summed E-state index contributed by atoms with van der Waals surface area (Å²) in [6.07, 6.45) is 0. The van der Waals surface area contributed by atoms with E-state index in [0.29, 0.717) is 11.4 Å². The third-order valence-electron chi connectivity index (χ3n) is 3.47. The second-order valence-electron chi connectivity index (χ2n) is 5.23. The largest absolute Gasteiger partial charge is 0.492 e. The van der Waals surface area contributed by atoms with Crippen LogP contribution in [0.15, 0.2) is 24.3 Å². The van der Waals surface area contributed by atoms with Crippen LogP contribution in [0.1, 0.15) is 20.8 Å². The van der Waals surface area contributed by atoms with E-state index < -0.39 is 10.0 Å². The Bertz CT molecular complexity index is 512. The molecule has 0 saturated heterocycles. The highest BCUT2D eigenvalue weighted by Gasteiger charge is 2.24. The van der Waals surface area contributed by atoms with Crippen molar-refractivity contribution >= 4 is 15.7 Å². The molecule has 114 valence electrons. The van der Waals surface area contributed by atoms with Gasteiger partial charge in [-0.05, 0) is 37.1 Å². The van der Waals surface area contributed by atoms with Crippen molar-refractivity contribution in [2.24, 2.45) is 5.92 Å². The highest BCUT2D eigenvalue weighted by molar-refractivity contribution is 7.89. The summed E-state index contributed by atoms with van der Waals surface area (Å²) in [6.45, 7) is 6.04. The molecule has 1 aromatic rings. The normalized spacial score (nSPS) is 13.7. The van der Waals surface area contributed by atoms with E-state index in [1.807, 2.05) is 20.8 Å². The molecular formula is C14H24N2O3S. The van der Waals surface area contributed by atoms with E-state index >= 15 is 0 Å². The first-order chi connectivity index (χ1) is 9.24. The summed E-state index contributed by atoms with van der Waals surface area (Å²) in [6, 6.07) is 6.86. The molecule has 0 fully saturated rings. The van der Waals surface area contributed by atoms with Gasteiger partial charge < -0.3 is 10.5 Å². The van der Waals surface area contributed by atoms with Gasteiger partial charge in [0.25, 0.3) is 0 Å². The zero-order valence-corrected chi connectivity index (χ0v) is 13.4. The number of ether oxygens (including phenoxy) is 1. The van der Waals surface area contributed by atoms with Crippen LogP contribution in [0.2, 0.25) is 0 Å². The highest BCUT2D eigenvalue weighted by Crippen LogP contribution is 2.15. The predicted octanol–water partition coefficient (Wildman–Crippen LogP) is 1.95. The first-order valence-corrected chi connectivity index (χ1v) is 8.29. The number of nitrogens with two attached hydrogens (primary N) is 1. The van der Waals surface area contributed by atoms with Crippen molar-refractivity contribution in [2.75, 3.05) is 25.1 Å². The Labute approximate surface area is 121 Å². The standard InChI is InChI=1S/C14H24N2O3S/c1-11(2)12(3)16(4)20(17,18)10-9-19-14-7-5-13(15)6-8-14/h5-8,11-12H,9-10,15H2,1-4H3. The average Bonchev–Trinajstić information content (AvgIpc) is 2.39. The maximum atomic E-state index is 12.1. The van der Waals surface area contributed by atoms with E-state index in [1.54, 1.807) is 31.3 Å². The van der Waals surface area contributed by atoms with Crippen molar-refractivity contribution in [2.45, 2.75) is 26.8 Å². The summed E-state index contributed by atoms with van der Waals surface area (Å²) in [5, 5.41) is 0. The number of nitrogen functional groups attached to an aromatic ring is 1. The van der Waals surface area contributed by atoms with Crippen LogP contribution < -0.4 is 10.5 Å². The molecule has 2 N–H and O–H groups in total. The minimum atomic E-state index is -3.30. The molecule has 1 unspecified atom stereocenters. The smallest absolute Gasteiger partial charge is 0.217 e. The Morgan fingerprint density at radius 1 is 1.20 bits per heavy atom. The van der Waals surface area contributed by atoms with Crippen LogP contribution in [0.4, 0.5) is 5.69 Å². The average molecular weight is 300 g/mol. The molecule has 0 aliphatic carbocycles. The van der Waals surface area contributed by atoms with Crippen molar-refractivity contribution < 1.29 is 13.2 Å². The lowest BCUT2D eigenvalue weighted by molar-refractivity contribution is 0.304. The number of hydrogen-bond donors (Lipinski definition) is 1. The SMILES string of the molecule is CC(C)C(C)N(C)S(=O)(=O)CCOc1ccc(N)cc1. The molecular weight excluding hydrogens is 276 g/mol. The van der Waals surface area contributed by atoms with Crippen LogP contribution in [0, 0.1) is 5.92 Å². The topological polar surface area (TPSA) is 72.6 Å². The first kappa shape index (κ1) is 16.8. The molecule has 0 bridgehead atoms. The van der Waals surface area contributed by atoms with Crippen LogP contribution in [0.3, 0.4) is 0 Å². The zero-order chi connectivity index (χ0) is 15.3. The van der Waals surface area contributed by atoms with Gasteiger partial charge in [0, 0.05) is 18.8 Å². The molecule has 0 aromatic heterocycles. The molecule has 6 heteroatoms. The van der Waals surface area contributed by atoms with Gasteiger partial charge in [0.15, 0.2) is 0 Å². The molecule has 0 aliphatic heterocycles. The molecule has 0 saturated carbocycles. The molecule has 0 amide bonds. The zero-order valence-electron chi connectivity index (χ0n) is 12.5. The molecule has 20 heavy (non-hydrogen) atoms. The van der Waals surface area contributed by atoms with Crippen LogP contribution in [-0.4, -0.2) is 38.2 Å². The Morgan fingerprint density at radius 3 is 2.25 bits per heavy atom. The van der Waals surface area contributed by atoms with Crippen molar-refractivity contribution in [3.63, 3.8) is 0 Å². The van der Waals surface area contributed by atoms with Gasteiger partial charge in [-0.3, -0.25) is 0 Å². The molecule has 0 radical (unpaired) electrons. The summed E-state index contributed by atoms with van der Waals surface area (Å²) in [5.41, 5.74) is 6.22. The van der Waals surface area contributed by atoms with Gasteiger partial charge in [0.1, 0.15) is 12.4 Å². The molecule has 0 heterocycles. The quantitative estimate of drug-likeness (QED) is 0.781. The van der Waals surface area contributed by atoms with E-state index in [4.69, 9.17) is 10.5 Å². The maximum Gasteiger partial charge on any atom is 0.217 e. The minimum Gasteiger partial charge on any atom is -0.492 e. The van der Waals surface area contributed by atoms with Gasteiger partial charge in [0.05, 0.1) is 5.75 Å². The van der Waals surface area contributed by atoms with Gasteiger partial charge in [-0.25, -0.2) is 12.7 Å². The Hall–Kier alpha value is -1.27. The fraction of sp³-hybridized carbons (Fsp3) is 0.571. The minimum absolute atomic E-state index is 0.0310. The van der Waals surface area contributed by atoms with Crippen LogP contribution in [0.5, 0.6) is 5.75 Å². The number of sulfonamides is 1. The first-order valence-electron chi connectivity index (χ1n) is 6.68. The second kappa shape index (κ2) is 6.95. The molecule has 5 nitrogen and oxygen atoms in total.